The largest absolute Gasteiger partial charge is 0.324 e. The molecule has 0 bridgehead atoms. The van der Waals surface area contributed by atoms with Crippen molar-refractivity contribution in [3.8, 4) is 0 Å². The molecular weight excluding hydrogens is 282 g/mol. The quantitative estimate of drug-likeness (QED) is 0.660. The van der Waals surface area contributed by atoms with Gasteiger partial charge in [-0.3, -0.25) is 4.98 Å². The zero-order valence-electron chi connectivity index (χ0n) is 12.7. The number of nitrogens with zero attached hydrogens (tertiary/aromatic N) is 3. The lowest BCUT2D eigenvalue weighted by molar-refractivity contribution is 0.407. The van der Waals surface area contributed by atoms with Crippen molar-refractivity contribution in [2.24, 2.45) is 5.92 Å². The Balaban J connectivity index is 2.38. The molecule has 2 heterocycles. The number of rotatable bonds is 4. The van der Waals surface area contributed by atoms with Crippen molar-refractivity contribution in [2.45, 2.75) is 33.2 Å². The minimum atomic E-state index is 0.374. The van der Waals surface area contributed by atoms with Gasteiger partial charge in [0.1, 0.15) is 11.3 Å². The van der Waals surface area contributed by atoms with Gasteiger partial charge in [-0.05, 0) is 18.9 Å². The highest BCUT2D eigenvalue weighted by molar-refractivity contribution is 6.18. The van der Waals surface area contributed by atoms with Crippen LogP contribution in [0, 0.1) is 5.92 Å². The van der Waals surface area contributed by atoms with Gasteiger partial charge in [-0.25, -0.2) is 4.98 Å². The van der Waals surface area contributed by atoms with Crippen LogP contribution in [0.5, 0.6) is 0 Å². The van der Waals surface area contributed by atoms with Gasteiger partial charge in [-0.15, -0.1) is 11.6 Å². The highest BCUT2D eigenvalue weighted by Gasteiger charge is 2.19. The van der Waals surface area contributed by atoms with E-state index in [0.29, 0.717) is 17.8 Å². The topological polar surface area (TPSA) is 30.7 Å². The number of aryl methyl sites for hydroxylation is 1. The number of imidazole rings is 1. The third-order valence-electron chi connectivity index (χ3n) is 4.19. The van der Waals surface area contributed by atoms with Gasteiger partial charge in [0.15, 0.2) is 0 Å². The average Bonchev–Trinajstić information content (AvgIpc) is 2.85. The fraction of sp³-hybridized carbons (Fsp3) is 0.412. The summed E-state index contributed by atoms with van der Waals surface area (Å²) >= 11 is 5.97. The summed E-state index contributed by atoms with van der Waals surface area (Å²) < 4.78 is 2.35. The molecule has 3 nitrogen and oxygen atoms in total. The van der Waals surface area contributed by atoms with E-state index in [9.17, 15) is 0 Å². The summed E-state index contributed by atoms with van der Waals surface area (Å²) in [4.78, 5) is 9.29. The minimum absolute atomic E-state index is 0.374. The molecule has 0 aliphatic carbocycles. The van der Waals surface area contributed by atoms with E-state index in [0.717, 1.165) is 28.7 Å². The maximum absolute atomic E-state index is 5.97. The SMILES string of the molecule is CC(C)C(C)n1c(CCCl)nc2cnc3ccccc3c21. The molecule has 0 aliphatic heterocycles. The standard InChI is InChI=1S/C17H20ClN3/c1-11(2)12(3)21-16(8-9-18)20-15-10-19-14-7-5-4-6-13(14)17(15)21/h4-7,10-12H,8-9H2,1-3H3. The molecule has 0 aliphatic rings. The van der Waals surface area contributed by atoms with Crippen molar-refractivity contribution in [2.75, 3.05) is 5.88 Å². The Hall–Kier alpha value is -1.61. The molecule has 1 aromatic carbocycles. The van der Waals surface area contributed by atoms with Crippen LogP contribution >= 0.6 is 11.6 Å². The number of hydrogen-bond acceptors (Lipinski definition) is 2. The van der Waals surface area contributed by atoms with Gasteiger partial charge < -0.3 is 4.57 Å². The van der Waals surface area contributed by atoms with Crippen LogP contribution in [-0.2, 0) is 6.42 Å². The molecule has 21 heavy (non-hydrogen) atoms. The second-order valence-corrected chi connectivity index (χ2v) is 6.21. The van der Waals surface area contributed by atoms with Crippen LogP contribution in [0.3, 0.4) is 0 Å². The number of pyridine rings is 1. The summed E-state index contributed by atoms with van der Waals surface area (Å²) in [6, 6.07) is 8.63. The summed E-state index contributed by atoms with van der Waals surface area (Å²) in [7, 11) is 0. The first-order valence-corrected chi connectivity index (χ1v) is 7.97. The number of fused-ring (bicyclic) bond motifs is 3. The molecule has 0 radical (unpaired) electrons. The minimum Gasteiger partial charge on any atom is -0.324 e. The van der Waals surface area contributed by atoms with E-state index >= 15 is 0 Å². The van der Waals surface area contributed by atoms with Gasteiger partial charge in [0.2, 0.25) is 0 Å². The first-order chi connectivity index (χ1) is 10.1. The van der Waals surface area contributed by atoms with Crippen molar-refractivity contribution in [3.63, 3.8) is 0 Å². The summed E-state index contributed by atoms with van der Waals surface area (Å²) in [5, 5.41) is 1.16. The number of benzene rings is 1. The first-order valence-electron chi connectivity index (χ1n) is 7.44. The van der Waals surface area contributed by atoms with Crippen LogP contribution in [0.1, 0.15) is 32.6 Å². The Bertz CT molecular complexity index is 776. The number of alkyl halides is 1. The van der Waals surface area contributed by atoms with Crippen molar-refractivity contribution < 1.29 is 0 Å². The van der Waals surface area contributed by atoms with Crippen molar-refractivity contribution >= 4 is 33.5 Å². The Labute approximate surface area is 130 Å². The average molecular weight is 302 g/mol. The molecule has 0 fully saturated rings. The fourth-order valence-electron chi connectivity index (χ4n) is 2.77. The predicted molar refractivity (Wildman–Crippen MR) is 89.0 cm³/mol. The number of aromatic nitrogens is 3. The molecule has 3 aromatic rings. The van der Waals surface area contributed by atoms with Crippen LogP contribution in [0.4, 0.5) is 0 Å². The van der Waals surface area contributed by atoms with E-state index in [4.69, 9.17) is 16.6 Å². The zero-order chi connectivity index (χ0) is 15.0. The lowest BCUT2D eigenvalue weighted by Gasteiger charge is -2.21. The summed E-state index contributed by atoms with van der Waals surface area (Å²) in [5.41, 5.74) is 3.16. The van der Waals surface area contributed by atoms with Gasteiger partial charge in [-0.1, -0.05) is 32.0 Å². The summed E-state index contributed by atoms with van der Waals surface area (Å²) in [6.45, 7) is 6.73. The lowest BCUT2D eigenvalue weighted by Crippen LogP contribution is -2.15. The Kier molecular flexibility index (Phi) is 3.85. The molecule has 1 atom stereocenters. The molecule has 3 rings (SSSR count). The van der Waals surface area contributed by atoms with Crippen LogP contribution in [0.15, 0.2) is 30.5 Å². The smallest absolute Gasteiger partial charge is 0.111 e. The fourth-order valence-corrected chi connectivity index (χ4v) is 2.94. The normalized spacial score (nSPS) is 13.4. The van der Waals surface area contributed by atoms with Gasteiger partial charge in [0, 0.05) is 23.7 Å². The van der Waals surface area contributed by atoms with E-state index in [1.165, 1.54) is 5.52 Å². The molecule has 0 saturated carbocycles. The molecule has 1 unspecified atom stereocenters. The highest BCUT2D eigenvalue weighted by atomic mass is 35.5. The highest BCUT2D eigenvalue weighted by Crippen LogP contribution is 2.30. The molecule has 110 valence electrons. The molecule has 0 spiro atoms. The molecular formula is C17H20ClN3. The monoisotopic (exact) mass is 301 g/mol. The maximum Gasteiger partial charge on any atom is 0.111 e. The van der Waals surface area contributed by atoms with Gasteiger partial charge >= 0.3 is 0 Å². The molecule has 0 N–H and O–H groups in total. The van der Waals surface area contributed by atoms with Crippen LogP contribution in [0.25, 0.3) is 21.9 Å². The molecule has 0 amide bonds. The van der Waals surface area contributed by atoms with Crippen LogP contribution in [0.2, 0.25) is 0 Å². The second-order valence-electron chi connectivity index (χ2n) is 5.83. The van der Waals surface area contributed by atoms with Crippen LogP contribution in [-0.4, -0.2) is 20.4 Å². The predicted octanol–water partition coefficient (Wildman–Crippen LogP) is 4.58. The second kappa shape index (κ2) is 5.64. The van der Waals surface area contributed by atoms with E-state index in [2.05, 4.69) is 42.5 Å². The molecule has 2 aromatic heterocycles. The summed E-state index contributed by atoms with van der Waals surface area (Å²) in [6.07, 6.45) is 2.65. The third-order valence-corrected chi connectivity index (χ3v) is 4.38. The van der Waals surface area contributed by atoms with E-state index in [1.807, 2.05) is 18.3 Å². The number of hydrogen-bond donors (Lipinski definition) is 0. The zero-order valence-corrected chi connectivity index (χ0v) is 13.4. The van der Waals surface area contributed by atoms with Crippen molar-refractivity contribution in [1.82, 2.24) is 14.5 Å². The number of halogens is 1. The van der Waals surface area contributed by atoms with E-state index in [-0.39, 0.29) is 0 Å². The van der Waals surface area contributed by atoms with Crippen molar-refractivity contribution in [1.29, 1.82) is 0 Å². The Morgan fingerprint density at radius 3 is 2.62 bits per heavy atom. The van der Waals surface area contributed by atoms with Gasteiger partial charge in [-0.2, -0.15) is 0 Å². The van der Waals surface area contributed by atoms with E-state index in [1.54, 1.807) is 0 Å². The van der Waals surface area contributed by atoms with Crippen LogP contribution < -0.4 is 0 Å². The molecule has 0 saturated heterocycles. The maximum atomic E-state index is 5.97. The van der Waals surface area contributed by atoms with Crippen molar-refractivity contribution in [3.05, 3.63) is 36.3 Å². The first kappa shape index (κ1) is 14.3. The molecule has 4 heteroatoms. The Morgan fingerprint density at radius 2 is 1.90 bits per heavy atom. The number of para-hydroxylation sites is 1. The van der Waals surface area contributed by atoms with E-state index < -0.39 is 0 Å². The Morgan fingerprint density at radius 1 is 1.14 bits per heavy atom. The lowest BCUT2D eigenvalue weighted by atomic mass is 10.1. The summed E-state index contributed by atoms with van der Waals surface area (Å²) in [5.74, 6) is 2.17. The van der Waals surface area contributed by atoms with Gasteiger partial charge in [0.05, 0.1) is 17.2 Å². The van der Waals surface area contributed by atoms with Gasteiger partial charge in [0.25, 0.3) is 0 Å². The third kappa shape index (κ3) is 2.40.